The van der Waals surface area contributed by atoms with E-state index in [-0.39, 0.29) is 23.9 Å². The third-order valence-corrected chi connectivity index (χ3v) is 4.12. The highest BCUT2D eigenvalue weighted by molar-refractivity contribution is 5.87. The summed E-state index contributed by atoms with van der Waals surface area (Å²) >= 11 is 0. The van der Waals surface area contributed by atoms with E-state index in [4.69, 9.17) is 4.74 Å². The predicted molar refractivity (Wildman–Crippen MR) is 98.2 cm³/mol. The quantitative estimate of drug-likeness (QED) is 0.703. The van der Waals surface area contributed by atoms with Gasteiger partial charge in [-0.15, -0.1) is 5.10 Å². The summed E-state index contributed by atoms with van der Waals surface area (Å²) in [7, 11) is 1.63. The number of methoxy groups -OCH3 is 1. The van der Waals surface area contributed by atoms with Crippen LogP contribution in [0.2, 0.25) is 0 Å². The van der Waals surface area contributed by atoms with Gasteiger partial charge >= 0.3 is 0 Å². The molecule has 2 aromatic carbocycles. The second-order valence-corrected chi connectivity index (χ2v) is 6.15. The molecule has 0 radical (unpaired) electrons. The Labute approximate surface area is 150 Å². The van der Waals surface area contributed by atoms with E-state index in [9.17, 15) is 9.59 Å². The number of rotatable bonds is 6. The Hall–Kier alpha value is -3.22. The van der Waals surface area contributed by atoms with Gasteiger partial charge in [0, 0.05) is 6.04 Å². The summed E-state index contributed by atoms with van der Waals surface area (Å²) < 4.78 is 5.14. The van der Waals surface area contributed by atoms with Gasteiger partial charge in [-0.25, -0.2) is 5.10 Å². The zero-order valence-corrected chi connectivity index (χ0v) is 14.7. The standard InChI is InChI=1S/C19H20N4O3/c1-12(10-13-6-8-15(26-2)9-7-13)20-17(24)11-14-4-3-5-16-18(14)19(25)22-23-21-16/h3-9,12H,10-11H2,1-2H3,(H,20,24)(H,21,22,25)/t12-/m0/s1. The van der Waals surface area contributed by atoms with Gasteiger partial charge in [0.1, 0.15) is 11.3 Å². The van der Waals surface area contributed by atoms with Crippen LogP contribution in [-0.2, 0) is 17.6 Å². The van der Waals surface area contributed by atoms with Gasteiger partial charge < -0.3 is 10.1 Å². The first-order valence-corrected chi connectivity index (χ1v) is 8.32. The molecule has 0 spiro atoms. The molecule has 1 atom stereocenters. The Morgan fingerprint density at radius 3 is 2.73 bits per heavy atom. The van der Waals surface area contributed by atoms with E-state index in [0.717, 1.165) is 11.3 Å². The molecular weight excluding hydrogens is 332 g/mol. The number of carbonyl (C=O) groups is 1. The molecule has 3 aromatic rings. The maximum atomic E-state index is 12.4. The van der Waals surface area contributed by atoms with Crippen molar-refractivity contribution < 1.29 is 9.53 Å². The van der Waals surface area contributed by atoms with Crippen LogP contribution in [0.3, 0.4) is 0 Å². The van der Waals surface area contributed by atoms with E-state index >= 15 is 0 Å². The molecule has 0 saturated heterocycles. The van der Waals surface area contributed by atoms with E-state index in [1.54, 1.807) is 25.3 Å². The number of amides is 1. The molecular formula is C19H20N4O3. The Kier molecular flexibility index (Phi) is 5.26. The fourth-order valence-corrected chi connectivity index (χ4v) is 2.92. The predicted octanol–water partition coefficient (Wildman–Crippen LogP) is 1.62. The molecule has 0 fully saturated rings. The highest BCUT2D eigenvalue weighted by atomic mass is 16.5. The van der Waals surface area contributed by atoms with Gasteiger partial charge in [-0.2, -0.15) is 0 Å². The van der Waals surface area contributed by atoms with Crippen LogP contribution in [0.4, 0.5) is 0 Å². The third-order valence-electron chi connectivity index (χ3n) is 4.12. The lowest BCUT2D eigenvalue weighted by molar-refractivity contribution is -0.121. The normalized spacial score (nSPS) is 11.9. The Bertz CT molecular complexity index is 961. The number of hydrogen-bond acceptors (Lipinski definition) is 5. The molecule has 1 heterocycles. The van der Waals surface area contributed by atoms with Crippen molar-refractivity contribution in [1.29, 1.82) is 0 Å². The highest BCUT2D eigenvalue weighted by Crippen LogP contribution is 2.14. The smallest absolute Gasteiger partial charge is 0.275 e. The van der Waals surface area contributed by atoms with Crippen LogP contribution in [0.15, 0.2) is 47.3 Å². The largest absolute Gasteiger partial charge is 0.497 e. The lowest BCUT2D eigenvalue weighted by Crippen LogP contribution is -2.35. The van der Waals surface area contributed by atoms with Crippen LogP contribution in [-0.4, -0.2) is 34.5 Å². The number of aromatic nitrogens is 3. The third kappa shape index (κ3) is 4.05. The summed E-state index contributed by atoms with van der Waals surface area (Å²) in [5.41, 5.74) is 1.87. The van der Waals surface area contributed by atoms with E-state index in [0.29, 0.717) is 22.9 Å². The topological polar surface area (TPSA) is 97.0 Å². The van der Waals surface area contributed by atoms with Crippen LogP contribution in [0.25, 0.3) is 10.9 Å². The number of benzene rings is 2. The van der Waals surface area contributed by atoms with Gasteiger partial charge in [0.2, 0.25) is 5.91 Å². The minimum absolute atomic E-state index is 0.0380. The van der Waals surface area contributed by atoms with Crippen LogP contribution >= 0.6 is 0 Å². The number of carbonyl (C=O) groups excluding carboxylic acids is 1. The number of aromatic amines is 1. The van der Waals surface area contributed by atoms with Crippen molar-refractivity contribution in [2.24, 2.45) is 0 Å². The fraction of sp³-hybridized carbons (Fsp3) is 0.263. The number of nitrogens with one attached hydrogen (secondary N) is 2. The molecule has 0 unspecified atom stereocenters. The molecule has 2 N–H and O–H groups in total. The van der Waals surface area contributed by atoms with E-state index < -0.39 is 0 Å². The lowest BCUT2D eigenvalue weighted by atomic mass is 10.0. The van der Waals surface area contributed by atoms with Gasteiger partial charge in [0.25, 0.3) is 5.56 Å². The SMILES string of the molecule is COc1ccc(C[C@H](C)NC(=O)Cc2cccc3nn[nH]c(=O)c23)cc1. The van der Waals surface area contributed by atoms with Crippen molar-refractivity contribution in [3.05, 3.63) is 63.9 Å². The summed E-state index contributed by atoms with van der Waals surface area (Å²) in [6.07, 6.45) is 0.816. The number of nitrogens with zero attached hydrogens (tertiary/aromatic N) is 2. The summed E-state index contributed by atoms with van der Waals surface area (Å²) in [5, 5.41) is 13.1. The average Bonchev–Trinajstić information content (AvgIpc) is 2.62. The van der Waals surface area contributed by atoms with Crippen molar-refractivity contribution >= 4 is 16.8 Å². The summed E-state index contributed by atoms with van der Waals surface area (Å²) in [5.74, 6) is 0.657. The second-order valence-electron chi connectivity index (χ2n) is 6.15. The molecule has 3 rings (SSSR count). The monoisotopic (exact) mass is 352 g/mol. The minimum Gasteiger partial charge on any atom is -0.497 e. The molecule has 0 aliphatic carbocycles. The van der Waals surface area contributed by atoms with Gasteiger partial charge in [0.15, 0.2) is 0 Å². The fourth-order valence-electron chi connectivity index (χ4n) is 2.92. The maximum Gasteiger partial charge on any atom is 0.275 e. The molecule has 134 valence electrons. The molecule has 0 aliphatic heterocycles. The first-order valence-electron chi connectivity index (χ1n) is 8.32. The second kappa shape index (κ2) is 7.77. The van der Waals surface area contributed by atoms with Crippen LogP contribution in [0.5, 0.6) is 5.75 Å². The van der Waals surface area contributed by atoms with E-state index in [1.807, 2.05) is 31.2 Å². The van der Waals surface area contributed by atoms with Gasteiger partial charge in [0.05, 0.1) is 18.9 Å². The van der Waals surface area contributed by atoms with Crippen molar-refractivity contribution in [2.75, 3.05) is 7.11 Å². The van der Waals surface area contributed by atoms with Crippen molar-refractivity contribution in [3.8, 4) is 5.75 Å². The van der Waals surface area contributed by atoms with Crippen LogP contribution in [0.1, 0.15) is 18.1 Å². The molecule has 0 saturated carbocycles. The highest BCUT2D eigenvalue weighted by Gasteiger charge is 2.13. The van der Waals surface area contributed by atoms with Gasteiger partial charge in [-0.1, -0.05) is 29.5 Å². The number of fused-ring (bicyclic) bond motifs is 1. The van der Waals surface area contributed by atoms with Crippen molar-refractivity contribution in [2.45, 2.75) is 25.8 Å². The molecule has 1 amide bonds. The zero-order chi connectivity index (χ0) is 18.5. The summed E-state index contributed by atoms with van der Waals surface area (Å²) in [6, 6.07) is 12.9. The molecule has 26 heavy (non-hydrogen) atoms. The summed E-state index contributed by atoms with van der Waals surface area (Å²) in [6.45, 7) is 1.95. The lowest BCUT2D eigenvalue weighted by Gasteiger charge is -2.14. The Balaban J connectivity index is 1.66. The average molecular weight is 352 g/mol. The minimum atomic E-state index is -0.343. The Morgan fingerprint density at radius 2 is 2.00 bits per heavy atom. The van der Waals surface area contributed by atoms with Crippen LogP contribution in [0, 0.1) is 0 Å². The first kappa shape index (κ1) is 17.6. The number of H-pyrrole nitrogens is 1. The van der Waals surface area contributed by atoms with Crippen molar-refractivity contribution in [1.82, 2.24) is 20.7 Å². The van der Waals surface area contributed by atoms with Gasteiger partial charge in [-0.3, -0.25) is 9.59 Å². The molecule has 0 bridgehead atoms. The molecule has 0 aliphatic rings. The van der Waals surface area contributed by atoms with E-state index in [2.05, 4.69) is 20.7 Å². The summed E-state index contributed by atoms with van der Waals surface area (Å²) in [4.78, 5) is 24.4. The van der Waals surface area contributed by atoms with Gasteiger partial charge in [-0.05, 0) is 42.7 Å². The molecule has 7 nitrogen and oxygen atoms in total. The Morgan fingerprint density at radius 1 is 1.23 bits per heavy atom. The molecule has 1 aromatic heterocycles. The zero-order valence-electron chi connectivity index (χ0n) is 14.7. The van der Waals surface area contributed by atoms with Crippen LogP contribution < -0.4 is 15.6 Å². The van der Waals surface area contributed by atoms with E-state index in [1.165, 1.54) is 0 Å². The number of hydrogen-bond donors (Lipinski definition) is 2. The maximum absolute atomic E-state index is 12.4. The first-order chi connectivity index (χ1) is 12.6. The number of ether oxygens (including phenoxy) is 1. The van der Waals surface area contributed by atoms with Crippen molar-refractivity contribution in [3.63, 3.8) is 0 Å². The molecule has 7 heteroatoms.